The number of para-hydroxylation sites is 1. The summed E-state index contributed by atoms with van der Waals surface area (Å²) in [5, 5.41) is 27.0. The molecular weight excluding hydrogens is 196 g/mol. The molecule has 4 nitrogen and oxygen atoms in total. The lowest BCUT2D eigenvalue weighted by Crippen LogP contribution is -1.97. The highest BCUT2D eigenvalue weighted by Gasteiger charge is 2.06. The summed E-state index contributed by atoms with van der Waals surface area (Å²) in [6, 6.07) is 5.10. The summed E-state index contributed by atoms with van der Waals surface area (Å²) in [6.07, 6.45) is 1.08. The Kier molecular flexibility index (Phi) is 4.12. The van der Waals surface area contributed by atoms with E-state index in [1.165, 1.54) is 0 Å². The maximum absolute atomic E-state index is 10.3. The van der Waals surface area contributed by atoms with Crippen molar-refractivity contribution in [1.82, 2.24) is 0 Å². The van der Waals surface area contributed by atoms with Gasteiger partial charge in [-0.3, -0.25) is 4.79 Å². The maximum atomic E-state index is 10.3. The van der Waals surface area contributed by atoms with Crippen LogP contribution < -0.4 is 0 Å². The summed E-state index contributed by atoms with van der Waals surface area (Å²) >= 11 is 0. The smallest absolute Gasteiger partial charge is 0.303 e. The number of hydrogen-bond donors (Lipinski definition) is 3. The van der Waals surface area contributed by atoms with E-state index in [1.54, 1.807) is 18.2 Å². The van der Waals surface area contributed by atoms with Gasteiger partial charge in [0.25, 0.3) is 0 Å². The Hall–Kier alpha value is -1.55. The second-order valence-electron chi connectivity index (χ2n) is 3.33. The molecule has 0 saturated heterocycles. The number of aliphatic hydroxyl groups is 1. The van der Waals surface area contributed by atoms with E-state index in [1.807, 2.05) is 0 Å². The minimum Gasteiger partial charge on any atom is -0.507 e. The predicted molar refractivity (Wildman–Crippen MR) is 54.6 cm³/mol. The predicted octanol–water partition coefficient (Wildman–Crippen LogP) is 1.29. The fourth-order valence-electron chi connectivity index (χ4n) is 1.40. The van der Waals surface area contributed by atoms with E-state index in [9.17, 15) is 9.90 Å². The molecule has 0 aromatic heterocycles. The van der Waals surface area contributed by atoms with Gasteiger partial charge >= 0.3 is 5.97 Å². The summed E-state index contributed by atoms with van der Waals surface area (Å²) in [5.41, 5.74) is 1.16. The summed E-state index contributed by atoms with van der Waals surface area (Å²) in [5.74, 6) is -0.766. The van der Waals surface area contributed by atoms with E-state index in [2.05, 4.69) is 0 Å². The highest BCUT2D eigenvalue weighted by Crippen LogP contribution is 2.23. The van der Waals surface area contributed by atoms with Gasteiger partial charge in [-0.05, 0) is 18.4 Å². The van der Waals surface area contributed by atoms with E-state index in [0.29, 0.717) is 24.0 Å². The molecule has 0 unspecified atom stereocenters. The SMILES string of the molecule is O=C(O)CCCc1cccc(CO)c1O. The molecule has 0 amide bonds. The largest absolute Gasteiger partial charge is 0.507 e. The molecule has 0 spiro atoms. The van der Waals surface area contributed by atoms with Crippen molar-refractivity contribution in [2.45, 2.75) is 25.9 Å². The van der Waals surface area contributed by atoms with E-state index < -0.39 is 5.97 Å². The molecule has 3 N–H and O–H groups in total. The Bertz CT molecular complexity index is 346. The molecule has 0 radical (unpaired) electrons. The van der Waals surface area contributed by atoms with Crippen molar-refractivity contribution in [2.75, 3.05) is 0 Å². The molecule has 15 heavy (non-hydrogen) atoms. The number of carboxylic acid groups (broad SMARTS) is 1. The van der Waals surface area contributed by atoms with Crippen LogP contribution >= 0.6 is 0 Å². The van der Waals surface area contributed by atoms with Crippen LogP contribution in [0.1, 0.15) is 24.0 Å². The molecule has 82 valence electrons. The number of carboxylic acids is 1. The van der Waals surface area contributed by atoms with Crippen LogP contribution in [0, 0.1) is 0 Å². The Balaban J connectivity index is 2.64. The van der Waals surface area contributed by atoms with Gasteiger partial charge in [-0.1, -0.05) is 18.2 Å². The zero-order valence-corrected chi connectivity index (χ0v) is 8.31. The second kappa shape index (κ2) is 5.36. The number of rotatable bonds is 5. The van der Waals surface area contributed by atoms with E-state index in [-0.39, 0.29) is 18.8 Å². The first-order valence-electron chi connectivity index (χ1n) is 4.77. The molecule has 0 fully saturated rings. The van der Waals surface area contributed by atoms with Gasteiger partial charge in [-0.15, -0.1) is 0 Å². The van der Waals surface area contributed by atoms with Crippen molar-refractivity contribution in [3.05, 3.63) is 29.3 Å². The number of aromatic hydroxyl groups is 1. The van der Waals surface area contributed by atoms with Crippen molar-refractivity contribution < 1.29 is 20.1 Å². The zero-order chi connectivity index (χ0) is 11.3. The summed E-state index contributed by atoms with van der Waals surface area (Å²) < 4.78 is 0. The van der Waals surface area contributed by atoms with Gasteiger partial charge in [-0.2, -0.15) is 0 Å². The molecule has 0 aliphatic rings. The molecule has 1 rings (SSSR count). The Labute approximate surface area is 87.8 Å². The first-order chi connectivity index (χ1) is 7.15. The fourth-order valence-corrected chi connectivity index (χ4v) is 1.40. The monoisotopic (exact) mass is 210 g/mol. The summed E-state index contributed by atoms with van der Waals surface area (Å²) in [4.78, 5) is 10.3. The first-order valence-corrected chi connectivity index (χ1v) is 4.77. The highest BCUT2D eigenvalue weighted by atomic mass is 16.4. The third kappa shape index (κ3) is 3.25. The van der Waals surface area contributed by atoms with Crippen LogP contribution in [0.5, 0.6) is 5.75 Å². The molecule has 4 heteroatoms. The van der Waals surface area contributed by atoms with E-state index >= 15 is 0 Å². The molecule has 0 aliphatic heterocycles. The van der Waals surface area contributed by atoms with Crippen LogP contribution in [0.4, 0.5) is 0 Å². The Morgan fingerprint density at radius 2 is 1.93 bits per heavy atom. The number of phenols is 1. The van der Waals surface area contributed by atoms with Crippen molar-refractivity contribution in [3.63, 3.8) is 0 Å². The Morgan fingerprint density at radius 3 is 2.53 bits per heavy atom. The fraction of sp³-hybridized carbons (Fsp3) is 0.364. The third-order valence-corrected chi connectivity index (χ3v) is 2.21. The van der Waals surface area contributed by atoms with Crippen molar-refractivity contribution in [1.29, 1.82) is 0 Å². The van der Waals surface area contributed by atoms with Crippen LogP contribution in [0.15, 0.2) is 18.2 Å². The summed E-state index contributed by atoms with van der Waals surface area (Å²) in [6.45, 7) is -0.210. The molecule has 0 atom stereocenters. The van der Waals surface area contributed by atoms with Crippen molar-refractivity contribution >= 4 is 5.97 Å². The zero-order valence-electron chi connectivity index (χ0n) is 8.31. The van der Waals surface area contributed by atoms with E-state index in [0.717, 1.165) is 0 Å². The molecule has 1 aromatic rings. The molecule has 0 saturated carbocycles. The van der Waals surface area contributed by atoms with E-state index in [4.69, 9.17) is 10.2 Å². The number of aliphatic hydroxyl groups excluding tert-OH is 1. The number of aryl methyl sites for hydroxylation is 1. The van der Waals surface area contributed by atoms with Crippen LogP contribution in [0.2, 0.25) is 0 Å². The molecule has 0 heterocycles. The third-order valence-electron chi connectivity index (χ3n) is 2.21. The number of carbonyl (C=O) groups is 1. The molecule has 0 aliphatic carbocycles. The van der Waals surface area contributed by atoms with Crippen LogP contribution in [-0.4, -0.2) is 21.3 Å². The van der Waals surface area contributed by atoms with Crippen LogP contribution in [0.25, 0.3) is 0 Å². The van der Waals surface area contributed by atoms with Gasteiger partial charge in [0.1, 0.15) is 5.75 Å². The lowest BCUT2D eigenvalue weighted by atomic mass is 10.0. The normalized spacial score (nSPS) is 10.2. The van der Waals surface area contributed by atoms with Crippen molar-refractivity contribution in [2.24, 2.45) is 0 Å². The summed E-state index contributed by atoms with van der Waals surface area (Å²) in [7, 11) is 0. The number of hydrogen-bond acceptors (Lipinski definition) is 3. The molecule has 0 bridgehead atoms. The van der Waals surface area contributed by atoms with Crippen LogP contribution in [-0.2, 0) is 17.8 Å². The average molecular weight is 210 g/mol. The van der Waals surface area contributed by atoms with Gasteiger partial charge in [0.05, 0.1) is 6.61 Å². The van der Waals surface area contributed by atoms with Gasteiger partial charge < -0.3 is 15.3 Å². The maximum Gasteiger partial charge on any atom is 0.303 e. The Morgan fingerprint density at radius 1 is 1.27 bits per heavy atom. The molecule has 1 aromatic carbocycles. The minimum absolute atomic E-state index is 0.0744. The highest BCUT2D eigenvalue weighted by molar-refractivity contribution is 5.66. The van der Waals surface area contributed by atoms with Crippen LogP contribution in [0.3, 0.4) is 0 Å². The topological polar surface area (TPSA) is 77.8 Å². The minimum atomic E-state index is -0.840. The lowest BCUT2D eigenvalue weighted by molar-refractivity contribution is -0.137. The molecular formula is C11H14O4. The lowest BCUT2D eigenvalue weighted by Gasteiger charge is -2.07. The van der Waals surface area contributed by atoms with Gasteiger partial charge in [0, 0.05) is 12.0 Å². The number of benzene rings is 1. The average Bonchev–Trinajstić information content (AvgIpc) is 2.20. The van der Waals surface area contributed by atoms with Gasteiger partial charge in [-0.25, -0.2) is 0 Å². The second-order valence-corrected chi connectivity index (χ2v) is 3.33. The quantitative estimate of drug-likeness (QED) is 0.684. The van der Waals surface area contributed by atoms with Gasteiger partial charge in [0.15, 0.2) is 0 Å². The first kappa shape index (κ1) is 11.5. The standard InChI is InChI=1S/C11H14O4/c12-7-9-5-1-3-8(11(9)15)4-2-6-10(13)14/h1,3,5,12,15H,2,4,6-7H2,(H,13,14). The van der Waals surface area contributed by atoms with Crippen molar-refractivity contribution in [3.8, 4) is 5.75 Å². The van der Waals surface area contributed by atoms with Gasteiger partial charge in [0.2, 0.25) is 0 Å². The number of aliphatic carboxylic acids is 1.